The molecule has 2 rings (SSSR count). The van der Waals surface area contributed by atoms with Gasteiger partial charge in [0.05, 0.1) is 10.6 Å². The van der Waals surface area contributed by atoms with Crippen LogP contribution in [0, 0.1) is 10.1 Å². The van der Waals surface area contributed by atoms with Gasteiger partial charge in [0.1, 0.15) is 5.75 Å². The molecule has 0 heterocycles. The Balaban J connectivity index is 2.23. The first kappa shape index (κ1) is 16.5. The third-order valence-corrected chi connectivity index (χ3v) is 3.54. The Labute approximate surface area is 134 Å². The van der Waals surface area contributed by atoms with E-state index in [4.69, 9.17) is 0 Å². The molecule has 0 saturated carbocycles. The smallest absolute Gasteiger partial charge is 0.271 e. The normalized spacial score (nSPS) is 10.9. The molecule has 0 saturated heterocycles. The van der Waals surface area contributed by atoms with Gasteiger partial charge in [0.2, 0.25) is 0 Å². The zero-order valence-corrected chi connectivity index (χ0v) is 13.1. The van der Waals surface area contributed by atoms with Crippen LogP contribution in [-0.4, -0.2) is 29.3 Å². The molecule has 120 valence electrons. The molecule has 1 N–H and O–H groups in total. The van der Waals surface area contributed by atoms with Crippen LogP contribution in [0.1, 0.15) is 19.4 Å². The molecule has 0 aliphatic rings. The summed E-state index contributed by atoms with van der Waals surface area (Å²) < 4.78 is 0. The molecule has 0 bridgehead atoms. The van der Waals surface area contributed by atoms with E-state index in [-0.39, 0.29) is 11.4 Å². The number of hydrogen-bond acceptors (Lipinski definition) is 5. The Kier molecular flexibility index (Phi) is 5.30. The van der Waals surface area contributed by atoms with Crippen LogP contribution in [-0.2, 0) is 0 Å². The second-order valence-electron chi connectivity index (χ2n) is 4.95. The molecule has 0 fully saturated rings. The zero-order valence-electron chi connectivity index (χ0n) is 13.1. The molecule has 0 spiro atoms. The molecule has 0 unspecified atom stereocenters. The van der Waals surface area contributed by atoms with Crippen LogP contribution in [0.15, 0.2) is 47.5 Å². The lowest BCUT2D eigenvalue weighted by atomic mass is 10.2. The van der Waals surface area contributed by atoms with Crippen LogP contribution in [0.2, 0.25) is 0 Å². The van der Waals surface area contributed by atoms with E-state index in [2.05, 4.69) is 23.7 Å². The predicted molar refractivity (Wildman–Crippen MR) is 92.0 cm³/mol. The molecule has 2 aromatic carbocycles. The van der Waals surface area contributed by atoms with E-state index in [1.807, 2.05) is 6.07 Å². The number of benzene rings is 2. The quantitative estimate of drug-likeness (QED) is 0.498. The molecule has 0 amide bonds. The van der Waals surface area contributed by atoms with Gasteiger partial charge < -0.3 is 10.0 Å². The third kappa shape index (κ3) is 4.06. The summed E-state index contributed by atoms with van der Waals surface area (Å²) in [7, 11) is 0. The SMILES string of the molecule is CCN(CC)c1ccc(C=Nc2cccc([N+](=O)[O-])c2)c(O)c1. The van der Waals surface area contributed by atoms with E-state index in [9.17, 15) is 15.2 Å². The number of nitrogens with zero attached hydrogens (tertiary/aromatic N) is 3. The fourth-order valence-electron chi connectivity index (χ4n) is 2.26. The maximum atomic E-state index is 10.7. The van der Waals surface area contributed by atoms with E-state index in [1.54, 1.807) is 24.3 Å². The van der Waals surface area contributed by atoms with E-state index in [0.29, 0.717) is 11.3 Å². The molecule has 6 nitrogen and oxygen atoms in total. The van der Waals surface area contributed by atoms with E-state index in [1.165, 1.54) is 18.3 Å². The monoisotopic (exact) mass is 313 g/mol. The van der Waals surface area contributed by atoms with Gasteiger partial charge in [0, 0.05) is 48.8 Å². The van der Waals surface area contributed by atoms with Gasteiger partial charge in [-0.1, -0.05) is 6.07 Å². The molecule has 0 aliphatic heterocycles. The Hall–Kier alpha value is -2.89. The Morgan fingerprint density at radius 2 is 1.96 bits per heavy atom. The number of aromatic hydroxyl groups is 1. The van der Waals surface area contributed by atoms with Gasteiger partial charge in [-0.05, 0) is 32.0 Å². The zero-order chi connectivity index (χ0) is 16.8. The minimum absolute atomic E-state index is 0.0132. The van der Waals surface area contributed by atoms with Gasteiger partial charge >= 0.3 is 0 Å². The Morgan fingerprint density at radius 3 is 2.57 bits per heavy atom. The average molecular weight is 313 g/mol. The maximum Gasteiger partial charge on any atom is 0.271 e. The molecule has 0 radical (unpaired) electrons. The van der Waals surface area contributed by atoms with Crippen molar-refractivity contribution in [3.05, 3.63) is 58.1 Å². The number of phenols is 1. The highest BCUT2D eigenvalue weighted by atomic mass is 16.6. The summed E-state index contributed by atoms with van der Waals surface area (Å²) >= 11 is 0. The van der Waals surface area contributed by atoms with E-state index >= 15 is 0 Å². The number of hydrogen-bond donors (Lipinski definition) is 1. The predicted octanol–water partition coefficient (Wildman–Crippen LogP) is 3.90. The minimum atomic E-state index is -0.463. The van der Waals surface area contributed by atoms with Crippen molar-refractivity contribution in [1.82, 2.24) is 0 Å². The van der Waals surface area contributed by atoms with Gasteiger partial charge in [-0.2, -0.15) is 0 Å². The van der Waals surface area contributed by atoms with Crippen LogP contribution in [0.25, 0.3) is 0 Å². The van der Waals surface area contributed by atoms with Gasteiger partial charge in [0.15, 0.2) is 0 Å². The highest BCUT2D eigenvalue weighted by molar-refractivity contribution is 5.86. The first-order chi connectivity index (χ1) is 11.0. The van der Waals surface area contributed by atoms with Crippen molar-refractivity contribution in [2.24, 2.45) is 4.99 Å². The summed E-state index contributed by atoms with van der Waals surface area (Å²) in [5.74, 6) is 0.128. The standard InChI is InChI=1S/C17H19N3O3/c1-3-19(4-2)15-9-8-13(17(21)11-15)12-18-14-6-5-7-16(10-14)20(22)23/h5-12,21H,3-4H2,1-2H3. The molecular weight excluding hydrogens is 294 g/mol. The van der Waals surface area contributed by atoms with E-state index in [0.717, 1.165) is 18.8 Å². The lowest BCUT2D eigenvalue weighted by Gasteiger charge is -2.21. The number of phenolic OH excluding ortho intramolecular Hbond substituents is 1. The molecular formula is C17H19N3O3. The molecule has 0 atom stereocenters. The highest BCUT2D eigenvalue weighted by Crippen LogP contribution is 2.25. The molecule has 6 heteroatoms. The summed E-state index contributed by atoms with van der Waals surface area (Å²) in [5, 5.41) is 20.9. The fraction of sp³-hybridized carbons (Fsp3) is 0.235. The van der Waals surface area contributed by atoms with E-state index < -0.39 is 4.92 Å². The first-order valence-corrected chi connectivity index (χ1v) is 7.41. The topological polar surface area (TPSA) is 79.0 Å². The summed E-state index contributed by atoms with van der Waals surface area (Å²) in [6.07, 6.45) is 1.50. The van der Waals surface area contributed by atoms with Crippen molar-refractivity contribution in [3.8, 4) is 5.75 Å². The second-order valence-corrected chi connectivity index (χ2v) is 4.95. The van der Waals surface area contributed by atoms with Crippen molar-refractivity contribution in [3.63, 3.8) is 0 Å². The highest BCUT2D eigenvalue weighted by Gasteiger charge is 2.07. The maximum absolute atomic E-state index is 10.7. The third-order valence-electron chi connectivity index (χ3n) is 3.54. The average Bonchev–Trinajstić information content (AvgIpc) is 2.55. The van der Waals surface area contributed by atoms with Crippen LogP contribution in [0.4, 0.5) is 17.1 Å². The Bertz CT molecular complexity index is 725. The van der Waals surface area contributed by atoms with Crippen molar-refractivity contribution in [1.29, 1.82) is 0 Å². The molecule has 0 aliphatic carbocycles. The van der Waals surface area contributed by atoms with Crippen LogP contribution in [0.3, 0.4) is 0 Å². The largest absolute Gasteiger partial charge is 0.507 e. The number of nitro benzene ring substituents is 1. The van der Waals surface area contributed by atoms with Crippen LogP contribution < -0.4 is 4.90 Å². The minimum Gasteiger partial charge on any atom is -0.507 e. The molecule has 23 heavy (non-hydrogen) atoms. The van der Waals surface area contributed by atoms with Gasteiger partial charge in [0.25, 0.3) is 5.69 Å². The molecule has 2 aromatic rings. The Morgan fingerprint density at radius 1 is 1.22 bits per heavy atom. The van der Waals surface area contributed by atoms with Gasteiger partial charge in [-0.25, -0.2) is 0 Å². The van der Waals surface area contributed by atoms with Crippen molar-refractivity contribution < 1.29 is 10.0 Å². The van der Waals surface area contributed by atoms with Crippen LogP contribution >= 0.6 is 0 Å². The summed E-state index contributed by atoms with van der Waals surface area (Å²) in [5.41, 5.74) is 1.96. The summed E-state index contributed by atoms with van der Waals surface area (Å²) in [4.78, 5) is 16.6. The van der Waals surface area contributed by atoms with Crippen molar-refractivity contribution in [2.75, 3.05) is 18.0 Å². The first-order valence-electron chi connectivity index (χ1n) is 7.41. The number of non-ortho nitro benzene ring substituents is 1. The van der Waals surface area contributed by atoms with Crippen molar-refractivity contribution in [2.45, 2.75) is 13.8 Å². The summed E-state index contributed by atoms with van der Waals surface area (Å²) in [6, 6.07) is 11.4. The van der Waals surface area contributed by atoms with Gasteiger partial charge in [-0.3, -0.25) is 15.1 Å². The number of aliphatic imine (C=N–C) groups is 1. The second kappa shape index (κ2) is 7.40. The number of anilines is 1. The lowest BCUT2D eigenvalue weighted by Crippen LogP contribution is -2.21. The number of rotatable bonds is 6. The molecule has 0 aromatic heterocycles. The van der Waals surface area contributed by atoms with Gasteiger partial charge in [-0.15, -0.1) is 0 Å². The van der Waals surface area contributed by atoms with Crippen molar-refractivity contribution >= 4 is 23.3 Å². The fourth-order valence-corrected chi connectivity index (χ4v) is 2.26. The van der Waals surface area contributed by atoms with Crippen LogP contribution in [0.5, 0.6) is 5.75 Å². The number of nitro groups is 1. The lowest BCUT2D eigenvalue weighted by molar-refractivity contribution is -0.384. The summed E-state index contributed by atoms with van der Waals surface area (Å²) in [6.45, 7) is 5.82.